The van der Waals surface area contributed by atoms with Crippen LogP contribution in [0.15, 0.2) is 47.4 Å². The zero-order chi connectivity index (χ0) is 23.1. The van der Waals surface area contributed by atoms with Crippen molar-refractivity contribution in [3.05, 3.63) is 53.1 Å². The minimum absolute atomic E-state index is 0.00946. The van der Waals surface area contributed by atoms with Gasteiger partial charge in [-0.15, -0.1) is 0 Å². The van der Waals surface area contributed by atoms with Gasteiger partial charge in [0.2, 0.25) is 5.91 Å². The Morgan fingerprint density at radius 2 is 1.78 bits per heavy atom. The fourth-order valence-corrected chi connectivity index (χ4v) is 4.64. The highest BCUT2D eigenvalue weighted by Crippen LogP contribution is 2.24. The van der Waals surface area contributed by atoms with E-state index in [1.807, 2.05) is 6.92 Å². The quantitative estimate of drug-likeness (QED) is 0.574. The van der Waals surface area contributed by atoms with Crippen molar-refractivity contribution in [3.8, 4) is 5.75 Å². The van der Waals surface area contributed by atoms with Gasteiger partial charge in [0, 0.05) is 31.7 Å². The summed E-state index contributed by atoms with van der Waals surface area (Å²) < 4.78 is 33.4. The number of rotatable bonds is 9. The molecule has 2 aromatic rings. The van der Waals surface area contributed by atoms with Crippen LogP contribution in [0, 0.1) is 0 Å². The van der Waals surface area contributed by atoms with Crippen molar-refractivity contribution in [2.45, 2.75) is 31.1 Å². The Bertz CT molecular complexity index is 1070. The number of likely N-dealkylation sites (tertiary alicyclic amines) is 1. The Morgan fingerprint density at radius 1 is 1.09 bits per heavy atom. The van der Waals surface area contributed by atoms with E-state index < -0.39 is 15.9 Å². The zero-order valence-electron chi connectivity index (χ0n) is 17.8. The molecule has 8 nitrogen and oxygen atoms in total. The molecule has 10 heteroatoms. The van der Waals surface area contributed by atoms with E-state index in [9.17, 15) is 18.0 Å². The third-order valence-electron chi connectivity index (χ3n) is 4.99. The molecule has 0 radical (unpaired) electrons. The Labute approximate surface area is 192 Å². The van der Waals surface area contributed by atoms with Crippen LogP contribution in [0.4, 0.5) is 5.69 Å². The van der Waals surface area contributed by atoms with E-state index in [4.69, 9.17) is 16.3 Å². The molecule has 0 bridgehead atoms. The molecular formula is C22H26ClN3O5S. The van der Waals surface area contributed by atoms with Gasteiger partial charge in [-0.3, -0.25) is 14.3 Å². The molecule has 2 N–H and O–H groups in total. The standard InChI is InChI=1S/C22H26ClN3O5S/c1-2-31-17-7-5-16(6-8-17)25-32(29,30)18-9-10-20(23)19(15-18)22(28)24-12-11-21(27)26-13-3-4-14-26/h5-10,15,25H,2-4,11-14H2,1H3,(H,24,28). The number of carbonyl (C=O) groups excluding carboxylic acids is 2. The van der Waals surface area contributed by atoms with E-state index in [2.05, 4.69) is 10.0 Å². The molecule has 0 aliphatic carbocycles. The summed E-state index contributed by atoms with van der Waals surface area (Å²) in [5.74, 6) is 0.0798. The van der Waals surface area contributed by atoms with Gasteiger partial charge < -0.3 is 15.0 Å². The van der Waals surface area contributed by atoms with Crippen LogP contribution in [0.25, 0.3) is 0 Å². The molecule has 1 heterocycles. The number of nitrogens with one attached hydrogen (secondary N) is 2. The number of halogens is 1. The molecule has 3 rings (SSSR count). The maximum atomic E-state index is 12.8. The summed E-state index contributed by atoms with van der Waals surface area (Å²) in [6, 6.07) is 10.4. The van der Waals surface area contributed by atoms with E-state index in [0.29, 0.717) is 18.0 Å². The average Bonchev–Trinajstić information content (AvgIpc) is 3.30. The maximum Gasteiger partial charge on any atom is 0.261 e. The number of amides is 2. The Morgan fingerprint density at radius 3 is 2.44 bits per heavy atom. The van der Waals surface area contributed by atoms with Crippen molar-refractivity contribution in [2.24, 2.45) is 0 Å². The molecule has 0 saturated carbocycles. The lowest BCUT2D eigenvalue weighted by atomic mass is 10.2. The molecule has 1 saturated heterocycles. The number of hydrogen-bond acceptors (Lipinski definition) is 5. The third kappa shape index (κ3) is 6.14. The topological polar surface area (TPSA) is 105 Å². The molecule has 0 spiro atoms. The highest BCUT2D eigenvalue weighted by Gasteiger charge is 2.20. The minimum atomic E-state index is -3.95. The number of hydrogen-bond donors (Lipinski definition) is 2. The van der Waals surface area contributed by atoms with Gasteiger partial charge in [0.05, 0.1) is 22.1 Å². The van der Waals surface area contributed by atoms with Gasteiger partial charge in [0.15, 0.2) is 0 Å². The fourth-order valence-electron chi connectivity index (χ4n) is 3.35. The second kappa shape index (κ2) is 10.7. The van der Waals surface area contributed by atoms with E-state index in [1.165, 1.54) is 18.2 Å². The summed E-state index contributed by atoms with van der Waals surface area (Å²) in [5.41, 5.74) is 0.379. The molecule has 172 valence electrons. The van der Waals surface area contributed by atoms with Gasteiger partial charge >= 0.3 is 0 Å². The van der Waals surface area contributed by atoms with Gasteiger partial charge in [0.25, 0.3) is 15.9 Å². The van der Waals surface area contributed by atoms with Crippen LogP contribution < -0.4 is 14.8 Å². The monoisotopic (exact) mass is 479 g/mol. The van der Waals surface area contributed by atoms with Crippen molar-refractivity contribution in [1.29, 1.82) is 0 Å². The predicted molar refractivity (Wildman–Crippen MR) is 123 cm³/mol. The molecule has 1 aliphatic rings. The molecule has 0 atom stereocenters. The Kier molecular flexibility index (Phi) is 7.98. The van der Waals surface area contributed by atoms with E-state index in [0.717, 1.165) is 25.9 Å². The summed E-state index contributed by atoms with van der Waals surface area (Å²) >= 11 is 6.13. The number of nitrogens with zero attached hydrogens (tertiary/aromatic N) is 1. The average molecular weight is 480 g/mol. The summed E-state index contributed by atoms with van der Waals surface area (Å²) in [6.45, 7) is 4.01. The van der Waals surface area contributed by atoms with Gasteiger partial charge in [-0.25, -0.2) is 8.42 Å². The lowest BCUT2D eigenvalue weighted by Gasteiger charge is -2.15. The predicted octanol–water partition coefficient (Wildman–Crippen LogP) is 3.28. The van der Waals surface area contributed by atoms with Crippen molar-refractivity contribution >= 4 is 39.1 Å². The fraction of sp³-hybridized carbons (Fsp3) is 0.364. The Hall–Kier alpha value is -2.78. The maximum absolute atomic E-state index is 12.8. The molecule has 1 fully saturated rings. The summed E-state index contributed by atoms with van der Waals surface area (Å²) in [5, 5.41) is 2.76. The van der Waals surface area contributed by atoms with E-state index in [-0.39, 0.29) is 34.4 Å². The lowest BCUT2D eigenvalue weighted by molar-refractivity contribution is -0.129. The summed E-state index contributed by atoms with van der Waals surface area (Å²) in [6.07, 6.45) is 2.18. The van der Waals surface area contributed by atoms with Crippen LogP contribution in [0.3, 0.4) is 0 Å². The molecule has 0 aromatic heterocycles. The number of sulfonamides is 1. The van der Waals surface area contributed by atoms with Crippen molar-refractivity contribution in [2.75, 3.05) is 31.0 Å². The van der Waals surface area contributed by atoms with Gasteiger partial charge in [-0.2, -0.15) is 0 Å². The third-order valence-corrected chi connectivity index (χ3v) is 6.70. The van der Waals surface area contributed by atoms with Gasteiger partial charge in [0.1, 0.15) is 5.75 Å². The second-order valence-electron chi connectivity index (χ2n) is 7.30. The molecule has 2 aromatic carbocycles. The molecule has 0 unspecified atom stereocenters. The van der Waals surface area contributed by atoms with Crippen LogP contribution in [-0.2, 0) is 14.8 Å². The first-order valence-electron chi connectivity index (χ1n) is 10.4. The second-order valence-corrected chi connectivity index (χ2v) is 9.39. The zero-order valence-corrected chi connectivity index (χ0v) is 19.3. The first kappa shape index (κ1) is 23.9. The highest BCUT2D eigenvalue weighted by molar-refractivity contribution is 7.92. The molecule has 2 amide bonds. The number of benzene rings is 2. The minimum Gasteiger partial charge on any atom is -0.494 e. The van der Waals surface area contributed by atoms with Gasteiger partial charge in [-0.1, -0.05) is 11.6 Å². The summed E-state index contributed by atoms with van der Waals surface area (Å²) in [7, 11) is -3.95. The smallest absolute Gasteiger partial charge is 0.261 e. The number of anilines is 1. The van der Waals surface area contributed by atoms with Crippen LogP contribution in [0.2, 0.25) is 5.02 Å². The molecule has 32 heavy (non-hydrogen) atoms. The SMILES string of the molecule is CCOc1ccc(NS(=O)(=O)c2ccc(Cl)c(C(=O)NCCC(=O)N3CCCC3)c2)cc1. The van der Waals surface area contributed by atoms with Crippen LogP contribution in [-0.4, -0.2) is 51.4 Å². The van der Waals surface area contributed by atoms with E-state index in [1.54, 1.807) is 29.2 Å². The van der Waals surface area contributed by atoms with Crippen LogP contribution >= 0.6 is 11.6 Å². The summed E-state index contributed by atoms with van der Waals surface area (Å²) in [4.78, 5) is 26.3. The largest absolute Gasteiger partial charge is 0.494 e. The van der Waals surface area contributed by atoms with Crippen LogP contribution in [0.1, 0.15) is 36.5 Å². The Balaban J connectivity index is 1.65. The first-order chi connectivity index (χ1) is 15.3. The van der Waals surface area contributed by atoms with E-state index >= 15 is 0 Å². The van der Waals surface area contributed by atoms with Crippen molar-refractivity contribution in [3.63, 3.8) is 0 Å². The van der Waals surface area contributed by atoms with Crippen LogP contribution in [0.5, 0.6) is 5.75 Å². The molecule has 1 aliphatic heterocycles. The first-order valence-corrected chi connectivity index (χ1v) is 12.3. The normalized spacial score (nSPS) is 13.6. The number of ether oxygens (including phenoxy) is 1. The number of carbonyl (C=O) groups is 2. The van der Waals surface area contributed by atoms with Crippen molar-refractivity contribution in [1.82, 2.24) is 10.2 Å². The van der Waals surface area contributed by atoms with Crippen molar-refractivity contribution < 1.29 is 22.7 Å². The molecular weight excluding hydrogens is 454 g/mol. The van der Waals surface area contributed by atoms with Gasteiger partial charge in [-0.05, 0) is 62.2 Å². The lowest BCUT2D eigenvalue weighted by Crippen LogP contribution is -2.32. The highest BCUT2D eigenvalue weighted by atomic mass is 35.5.